The lowest BCUT2D eigenvalue weighted by Crippen LogP contribution is -2.33. The van der Waals surface area contributed by atoms with Gasteiger partial charge in [-0.1, -0.05) is 6.07 Å². The van der Waals surface area contributed by atoms with Crippen LogP contribution in [0.25, 0.3) is 0 Å². The first-order valence-electron chi connectivity index (χ1n) is 5.40. The quantitative estimate of drug-likeness (QED) is 0.836. The number of amides is 1. The van der Waals surface area contributed by atoms with Crippen molar-refractivity contribution in [1.29, 1.82) is 0 Å². The van der Waals surface area contributed by atoms with Crippen molar-refractivity contribution >= 4 is 5.91 Å². The van der Waals surface area contributed by atoms with E-state index < -0.39 is 17.0 Å². The van der Waals surface area contributed by atoms with Gasteiger partial charge in [0.1, 0.15) is 11.6 Å². The Kier molecular flexibility index (Phi) is 3.11. The lowest BCUT2D eigenvalue weighted by atomic mass is 10.1. The zero-order valence-corrected chi connectivity index (χ0v) is 9.17. The van der Waals surface area contributed by atoms with Crippen LogP contribution in [0.4, 0.5) is 8.78 Å². The van der Waals surface area contributed by atoms with E-state index in [1.165, 1.54) is 6.07 Å². The molecule has 0 unspecified atom stereocenters. The summed E-state index contributed by atoms with van der Waals surface area (Å²) in [7, 11) is 0. The molecule has 0 radical (unpaired) electrons. The number of carbonyl (C=O) groups is 1. The highest BCUT2D eigenvalue weighted by Gasteiger charge is 2.49. The minimum atomic E-state index is -0.681. The summed E-state index contributed by atoms with van der Waals surface area (Å²) >= 11 is 0. The Morgan fingerprint density at radius 3 is 2.65 bits per heavy atom. The highest BCUT2D eigenvalue weighted by molar-refractivity contribution is 5.85. The second-order valence-electron chi connectivity index (χ2n) is 4.36. The van der Waals surface area contributed by atoms with Gasteiger partial charge in [0.15, 0.2) is 0 Å². The van der Waals surface area contributed by atoms with Gasteiger partial charge >= 0.3 is 0 Å². The Morgan fingerprint density at radius 1 is 1.41 bits per heavy atom. The molecule has 3 nitrogen and oxygen atoms in total. The van der Waals surface area contributed by atoms with Gasteiger partial charge in [0.2, 0.25) is 5.91 Å². The molecule has 0 saturated heterocycles. The van der Waals surface area contributed by atoms with Crippen LogP contribution < -0.4 is 5.32 Å². The Morgan fingerprint density at radius 2 is 2.12 bits per heavy atom. The van der Waals surface area contributed by atoms with Gasteiger partial charge in [0.05, 0.1) is 12.0 Å². The molecule has 1 aromatic rings. The number of benzene rings is 1. The fraction of sp³-hybridized carbons (Fsp3) is 0.417. The molecule has 0 heterocycles. The maximum absolute atomic E-state index is 13.3. The molecular formula is C12H13F2NO2. The summed E-state index contributed by atoms with van der Waals surface area (Å²) in [5.74, 6) is -1.60. The first-order valence-corrected chi connectivity index (χ1v) is 5.40. The number of nitrogens with one attached hydrogen (secondary N) is 1. The largest absolute Gasteiger partial charge is 0.395 e. The van der Waals surface area contributed by atoms with Gasteiger partial charge < -0.3 is 10.4 Å². The van der Waals surface area contributed by atoms with E-state index in [-0.39, 0.29) is 24.6 Å². The van der Waals surface area contributed by atoms with E-state index in [1.54, 1.807) is 0 Å². The van der Waals surface area contributed by atoms with Crippen molar-refractivity contribution in [3.63, 3.8) is 0 Å². The van der Waals surface area contributed by atoms with Gasteiger partial charge in [-0.05, 0) is 18.9 Å². The zero-order valence-electron chi connectivity index (χ0n) is 9.17. The molecule has 1 fully saturated rings. The number of hydrogen-bond acceptors (Lipinski definition) is 2. The average molecular weight is 241 g/mol. The molecular weight excluding hydrogens is 228 g/mol. The van der Waals surface area contributed by atoms with Crippen molar-refractivity contribution in [3.05, 3.63) is 35.4 Å². The summed E-state index contributed by atoms with van der Waals surface area (Å²) in [5, 5.41) is 11.6. The van der Waals surface area contributed by atoms with E-state index in [0.717, 1.165) is 12.1 Å². The minimum Gasteiger partial charge on any atom is -0.395 e. The Hall–Kier alpha value is -1.49. The lowest BCUT2D eigenvalue weighted by molar-refractivity contribution is -0.127. The predicted octanol–water partition coefficient (Wildman–Crippen LogP) is 1.35. The molecule has 1 saturated carbocycles. The van der Waals surface area contributed by atoms with Crippen molar-refractivity contribution in [3.8, 4) is 0 Å². The van der Waals surface area contributed by atoms with Crippen molar-refractivity contribution in [2.24, 2.45) is 5.41 Å². The van der Waals surface area contributed by atoms with E-state index in [0.29, 0.717) is 12.8 Å². The first kappa shape index (κ1) is 12.0. The third-order valence-electron chi connectivity index (χ3n) is 3.09. The van der Waals surface area contributed by atoms with Crippen molar-refractivity contribution in [2.75, 3.05) is 6.61 Å². The Labute approximate surface area is 97.5 Å². The standard InChI is InChI=1S/C12H13F2NO2/c13-9-2-1-8(10(14)5-9)6-15-11(17)12(7-16)3-4-12/h1-2,5,16H,3-4,6-7H2,(H,15,17). The van der Waals surface area contributed by atoms with Gasteiger partial charge in [-0.3, -0.25) is 4.79 Å². The summed E-state index contributed by atoms with van der Waals surface area (Å²) in [6, 6.07) is 3.22. The molecule has 1 aliphatic rings. The second kappa shape index (κ2) is 4.41. The summed E-state index contributed by atoms with van der Waals surface area (Å²) in [6.45, 7) is -0.183. The molecule has 2 rings (SSSR count). The van der Waals surface area contributed by atoms with Crippen molar-refractivity contribution in [1.82, 2.24) is 5.32 Å². The molecule has 0 atom stereocenters. The highest BCUT2D eigenvalue weighted by atomic mass is 19.1. The summed E-state index contributed by atoms with van der Waals surface area (Å²) in [4.78, 5) is 11.6. The molecule has 2 N–H and O–H groups in total. The fourth-order valence-electron chi connectivity index (χ4n) is 1.64. The third kappa shape index (κ3) is 2.44. The lowest BCUT2D eigenvalue weighted by Gasteiger charge is -2.12. The number of aliphatic hydroxyl groups excluding tert-OH is 1. The SMILES string of the molecule is O=C(NCc1ccc(F)cc1F)C1(CO)CC1. The Bertz CT molecular complexity index is 444. The fourth-order valence-corrected chi connectivity index (χ4v) is 1.64. The monoisotopic (exact) mass is 241 g/mol. The van der Waals surface area contributed by atoms with E-state index in [2.05, 4.69) is 5.32 Å². The van der Waals surface area contributed by atoms with Crippen LogP contribution in [0, 0.1) is 17.0 Å². The minimum absolute atomic E-state index is 0.00664. The summed E-state index contributed by atoms with van der Waals surface area (Å²) in [6.07, 6.45) is 1.31. The van der Waals surface area contributed by atoms with Gasteiger partial charge in [0.25, 0.3) is 0 Å². The van der Waals surface area contributed by atoms with Crippen LogP contribution >= 0.6 is 0 Å². The predicted molar refractivity (Wildman–Crippen MR) is 57.0 cm³/mol. The Balaban J connectivity index is 1.96. The molecule has 0 bridgehead atoms. The number of aliphatic hydroxyl groups is 1. The maximum Gasteiger partial charge on any atom is 0.228 e. The van der Waals surface area contributed by atoms with Crippen LogP contribution in [-0.2, 0) is 11.3 Å². The normalized spacial score (nSPS) is 16.6. The van der Waals surface area contributed by atoms with E-state index in [9.17, 15) is 13.6 Å². The van der Waals surface area contributed by atoms with Crippen molar-refractivity contribution < 1.29 is 18.7 Å². The van der Waals surface area contributed by atoms with Gasteiger partial charge in [-0.25, -0.2) is 8.78 Å². The van der Waals surface area contributed by atoms with Gasteiger partial charge in [0, 0.05) is 18.2 Å². The van der Waals surface area contributed by atoms with Crippen LogP contribution in [0.2, 0.25) is 0 Å². The molecule has 5 heteroatoms. The van der Waals surface area contributed by atoms with Gasteiger partial charge in [-0.15, -0.1) is 0 Å². The van der Waals surface area contributed by atoms with Crippen LogP contribution in [0.15, 0.2) is 18.2 Å². The smallest absolute Gasteiger partial charge is 0.228 e. The molecule has 1 amide bonds. The summed E-state index contributed by atoms with van der Waals surface area (Å²) in [5.41, 5.74) is -0.440. The van der Waals surface area contributed by atoms with Crippen LogP contribution in [-0.4, -0.2) is 17.6 Å². The number of rotatable bonds is 4. The first-order chi connectivity index (χ1) is 8.07. The number of halogens is 2. The molecule has 92 valence electrons. The number of hydrogen-bond donors (Lipinski definition) is 2. The number of carbonyl (C=O) groups excluding carboxylic acids is 1. The van der Waals surface area contributed by atoms with E-state index >= 15 is 0 Å². The summed E-state index contributed by atoms with van der Waals surface area (Å²) < 4.78 is 25.9. The topological polar surface area (TPSA) is 49.3 Å². The molecule has 1 aliphatic carbocycles. The zero-order chi connectivity index (χ0) is 12.5. The molecule has 0 aliphatic heterocycles. The van der Waals surface area contributed by atoms with Crippen LogP contribution in [0.1, 0.15) is 18.4 Å². The maximum atomic E-state index is 13.3. The third-order valence-corrected chi connectivity index (χ3v) is 3.09. The second-order valence-corrected chi connectivity index (χ2v) is 4.36. The average Bonchev–Trinajstić information content (AvgIpc) is 3.08. The van der Waals surface area contributed by atoms with Crippen LogP contribution in [0.5, 0.6) is 0 Å². The molecule has 17 heavy (non-hydrogen) atoms. The van der Waals surface area contributed by atoms with Crippen molar-refractivity contribution in [2.45, 2.75) is 19.4 Å². The molecule has 0 spiro atoms. The highest BCUT2D eigenvalue weighted by Crippen LogP contribution is 2.45. The molecule has 0 aromatic heterocycles. The molecule has 1 aromatic carbocycles. The van der Waals surface area contributed by atoms with E-state index in [1.807, 2.05) is 0 Å². The van der Waals surface area contributed by atoms with Crippen LogP contribution in [0.3, 0.4) is 0 Å². The van der Waals surface area contributed by atoms with E-state index in [4.69, 9.17) is 5.11 Å². The van der Waals surface area contributed by atoms with Gasteiger partial charge in [-0.2, -0.15) is 0 Å².